The third-order valence-corrected chi connectivity index (χ3v) is 6.43. The molecule has 0 amide bonds. The number of benzene rings is 1. The van der Waals surface area contributed by atoms with E-state index in [0.717, 1.165) is 10.0 Å². The SMILES string of the molecule is O=S(=O)(c1ccn[nH]1)N1CCN(Cc2cc(F)ccc2Br)CC1. The molecule has 23 heavy (non-hydrogen) atoms. The summed E-state index contributed by atoms with van der Waals surface area (Å²) < 4.78 is 40.4. The van der Waals surface area contributed by atoms with E-state index in [9.17, 15) is 12.8 Å². The fraction of sp³-hybridized carbons (Fsp3) is 0.357. The molecular weight excluding hydrogens is 387 g/mol. The third-order valence-electron chi connectivity index (χ3n) is 3.83. The minimum absolute atomic E-state index is 0.110. The van der Waals surface area contributed by atoms with Crippen LogP contribution in [-0.4, -0.2) is 54.0 Å². The number of rotatable bonds is 4. The Morgan fingerprint density at radius 3 is 2.61 bits per heavy atom. The van der Waals surface area contributed by atoms with Gasteiger partial charge in [0, 0.05) is 37.2 Å². The lowest BCUT2D eigenvalue weighted by atomic mass is 10.2. The van der Waals surface area contributed by atoms with Crippen molar-refractivity contribution in [2.24, 2.45) is 0 Å². The maximum atomic E-state index is 13.3. The van der Waals surface area contributed by atoms with Crippen molar-refractivity contribution in [2.75, 3.05) is 26.2 Å². The van der Waals surface area contributed by atoms with Gasteiger partial charge in [0.25, 0.3) is 10.0 Å². The van der Waals surface area contributed by atoms with E-state index in [-0.39, 0.29) is 10.8 Å². The Balaban J connectivity index is 1.64. The number of hydrogen-bond acceptors (Lipinski definition) is 4. The fourth-order valence-corrected chi connectivity index (χ4v) is 4.25. The van der Waals surface area contributed by atoms with Gasteiger partial charge in [-0.3, -0.25) is 10.00 Å². The first-order chi connectivity index (χ1) is 11.0. The highest BCUT2D eigenvalue weighted by Gasteiger charge is 2.29. The first-order valence-electron chi connectivity index (χ1n) is 7.12. The van der Waals surface area contributed by atoms with Crippen LogP contribution in [0.25, 0.3) is 0 Å². The molecule has 0 saturated carbocycles. The van der Waals surface area contributed by atoms with Crippen molar-refractivity contribution in [3.05, 3.63) is 46.3 Å². The van der Waals surface area contributed by atoms with Crippen molar-refractivity contribution in [3.8, 4) is 0 Å². The Bertz CT molecular complexity index is 774. The van der Waals surface area contributed by atoms with E-state index in [2.05, 4.69) is 31.0 Å². The summed E-state index contributed by atoms with van der Waals surface area (Å²) in [4.78, 5) is 2.11. The number of hydrogen-bond donors (Lipinski definition) is 1. The standard InChI is InChI=1S/C14H16BrFN4O2S/c15-13-2-1-12(16)9-11(13)10-19-5-7-20(8-6-19)23(21,22)14-3-4-17-18-14/h1-4,9H,5-8,10H2,(H,17,18). The molecule has 0 atom stereocenters. The highest BCUT2D eigenvalue weighted by molar-refractivity contribution is 9.10. The lowest BCUT2D eigenvalue weighted by Crippen LogP contribution is -2.48. The molecule has 1 fully saturated rings. The number of halogens is 2. The van der Waals surface area contributed by atoms with Crippen LogP contribution in [0.5, 0.6) is 0 Å². The molecule has 1 aromatic heterocycles. The Kier molecular flexibility index (Phi) is 4.81. The summed E-state index contributed by atoms with van der Waals surface area (Å²) in [7, 11) is -3.51. The first kappa shape index (κ1) is 16.6. The molecule has 1 aliphatic rings. The number of H-pyrrole nitrogens is 1. The van der Waals surface area contributed by atoms with Gasteiger partial charge in [0.05, 0.1) is 6.20 Å². The molecule has 0 bridgehead atoms. The molecule has 2 heterocycles. The average Bonchev–Trinajstić information content (AvgIpc) is 3.07. The molecule has 2 aromatic rings. The van der Waals surface area contributed by atoms with Crippen molar-refractivity contribution in [1.82, 2.24) is 19.4 Å². The largest absolute Gasteiger partial charge is 0.296 e. The number of nitrogens with one attached hydrogen (secondary N) is 1. The van der Waals surface area contributed by atoms with E-state index < -0.39 is 10.0 Å². The zero-order chi connectivity index (χ0) is 16.4. The smallest absolute Gasteiger partial charge is 0.260 e. The van der Waals surface area contributed by atoms with Crippen LogP contribution in [0.15, 0.2) is 40.0 Å². The second kappa shape index (κ2) is 6.68. The zero-order valence-corrected chi connectivity index (χ0v) is 14.6. The quantitative estimate of drug-likeness (QED) is 0.846. The van der Waals surface area contributed by atoms with Gasteiger partial charge in [0.1, 0.15) is 5.82 Å². The van der Waals surface area contributed by atoms with Crippen LogP contribution in [0.3, 0.4) is 0 Å². The Labute approximate surface area is 142 Å². The van der Waals surface area contributed by atoms with Gasteiger partial charge in [-0.05, 0) is 29.8 Å². The Morgan fingerprint density at radius 2 is 1.96 bits per heavy atom. The van der Waals surface area contributed by atoms with E-state index in [1.807, 2.05) is 0 Å². The van der Waals surface area contributed by atoms with Crippen LogP contribution in [0.4, 0.5) is 4.39 Å². The predicted molar refractivity (Wildman–Crippen MR) is 86.7 cm³/mol. The normalized spacial score (nSPS) is 17.5. The van der Waals surface area contributed by atoms with Gasteiger partial charge in [0.2, 0.25) is 0 Å². The molecule has 3 rings (SSSR count). The van der Waals surface area contributed by atoms with Crippen molar-refractivity contribution in [2.45, 2.75) is 11.6 Å². The highest BCUT2D eigenvalue weighted by Crippen LogP contribution is 2.21. The summed E-state index contributed by atoms with van der Waals surface area (Å²) in [5, 5.41) is 6.30. The summed E-state index contributed by atoms with van der Waals surface area (Å²) in [5.74, 6) is -0.274. The maximum absolute atomic E-state index is 13.3. The molecule has 0 radical (unpaired) electrons. The molecule has 0 aliphatic carbocycles. The minimum Gasteiger partial charge on any atom is -0.296 e. The molecule has 1 aliphatic heterocycles. The van der Waals surface area contributed by atoms with E-state index in [1.54, 1.807) is 6.07 Å². The van der Waals surface area contributed by atoms with E-state index in [0.29, 0.717) is 32.7 Å². The number of sulfonamides is 1. The van der Waals surface area contributed by atoms with Gasteiger partial charge in [0.15, 0.2) is 5.03 Å². The minimum atomic E-state index is -3.51. The molecule has 1 N–H and O–H groups in total. The fourth-order valence-electron chi connectivity index (χ4n) is 2.56. The van der Waals surface area contributed by atoms with Gasteiger partial charge in [-0.15, -0.1) is 0 Å². The van der Waals surface area contributed by atoms with Gasteiger partial charge < -0.3 is 0 Å². The first-order valence-corrected chi connectivity index (χ1v) is 9.36. The second-order valence-corrected chi connectivity index (χ2v) is 8.10. The topological polar surface area (TPSA) is 69.3 Å². The van der Waals surface area contributed by atoms with Crippen LogP contribution in [0.1, 0.15) is 5.56 Å². The molecule has 9 heteroatoms. The zero-order valence-electron chi connectivity index (χ0n) is 12.2. The van der Waals surface area contributed by atoms with Gasteiger partial charge in [-0.1, -0.05) is 15.9 Å². The van der Waals surface area contributed by atoms with Crippen molar-refractivity contribution < 1.29 is 12.8 Å². The predicted octanol–water partition coefficient (Wildman–Crippen LogP) is 1.82. The monoisotopic (exact) mass is 402 g/mol. The van der Waals surface area contributed by atoms with Crippen LogP contribution >= 0.6 is 15.9 Å². The van der Waals surface area contributed by atoms with E-state index in [1.165, 1.54) is 28.7 Å². The number of nitrogens with zero attached hydrogens (tertiary/aromatic N) is 3. The number of piperazine rings is 1. The van der Waals surface area contributed by atoms with Crippen LogP contribution in [0.2, 0.25) is 0 Å². The van der Waals surface area contributed by atoms with E-state index in [4.69, 9.17) is 0 Å². The van der Waals surface area contributed by atoms with E-state index >= 15 is 0 Å². The van der Waals surface area contributed by atoms with Crippen molar-refractivity contribution >= 4 is 26.0 Å². The Hall–Kier alpha value is -1.29. The van der Waals surface area contributed by atoms with Gasteiger partial charge >= 0.3 is 0 Å². The summed E-state index contributed by atoms with van der Waals surface area (Å²) in [6.07, 6.45) is 1.42. The number of aromatic amines is 1. The van der Waals surface area contributed by atoms with Gasteiger partial charge in [-0.25, -0.2) is 12.8 Å². The average molecular weight is 403 g/mol. The van der Waals surface area contributed by atoms with Gasteiger partial charge in [-0.2, -0.15) is 9.40 Å². The van der Waals surface area contributed by atoms with Crippen LogP contribution in [-0.2, 0) is 16.6 Å². The molecular formula is C14H16BrFN4O2S. The van der Waals surface area contributed by atoms with Crippen LogP contribution < -0.4 is 0 Å². The molecule has 1 saturated heterocycles. The second-order valence-electron chi connectivity index (χ2n) is 5.34. The summed E-state index contributed by atoms with van der Waals surface area (Å²) in [6.45, 7) is 2.56. The van der Waals surface area contributed by atoms with Crippen molar-refractivity contribution in [1.29, 1.82) is 0 Å². The summed E-state index contributed by atoms with van der Waals surface area (Å²) >= 11 is 3.42. The summed E-state index contributed by atoms with van der Waals surface area (Å²) in [5.41, 5.74) is 0.856. The summed E-state index contributed by atoms with van der Waals surface area (Å²) in [6, 6.07) is 6.04. The molecule has 1 aromatic carbocycles. The lowest BCUT2D eigenvalue weighted by molar-refractivity contribution is 0.181. The Morgan fingerprint density at radius 1 is 1.22 bits per heavy atom. The van der Waals surface area contributed by atoms with Crippen molar-refractivity contribution in [3.63, 3.8) is 0 Å². The maximum Gasteiger partial charge on any atom is 0.260 e. The lowest BCUT2D eigenvalue weighted by Gasteiger charge is -2.33. The van der Waals surface area contributed by atoms with Crippen LogP contribution in [0, 0.1) is 5.82 Å². The molecule has 124 valence electrons. The molecule has 6 nitrogen and oxygen atoms in total. The molecule has 0 unspecified atom stereocenters. The molecule has 0 spiro atoms. The highest BCUT2D eigenvalue weighted by atomic mass is 79.9. The number of aromatic nitrogens is 2. The third kappa shape index (κ3) is 3.63.